The fraction of sp³-hybridized carbons (Fsp3) is 1.00. The lowest BCUT2D eigenvalue weighted by Crippen LogP contribution is -2.42. The average Bonchev–Trinajstić information content (AvgIpc) is 2.29. The molecule has 0 aliphatic carbocycles. The molecule has 0 spiro atoms. The van der Waals surface area contributed by atoms with Crippen LogP contribution >= 0.6 is 11.6 Å². The van der Waals surface area contributed by atoms with Crippen molar-refractivity contribution in [2.24, 2.45) is 0 Å². The molecule has 90 valence electrons. The maximum absolute atomic E-state index is 5.94. The van der Waals surface area contributed by atoms with E-state index in [2.05, 4.69) is 4.90 Å². The zero-order chi connectivity index (χ0) is 10.9. The monoisotopic (exact) mass is 235 g/mol. The van der Waals surface area contributed by atoms with E-state index in [0.29, 0.717) is 19.3 Å². The number of hydrogen-bond acceptors (Lipinski definition) is 3. The second-order valence-corrected chi connectivity index (χ2v) is 4.25. The predicted molar refractivity (Wildman–Crippen MR) is 62.6 cm³/mol. The first-order chi connectivity index (χ1) is 7.38. The average molecular weight is 236 g/mol. The van der Waals surface area contributed by atoms with Crippen molar-refractivity contribution in [1.29, 1.82) is 0 Å². The third-order valence-electron chi connectivity index (χ3n) is 2.88. The van der Waals surface area contributed by atoms with Gasteiger partial charge in [0.15, 0.2) is 0 Å². The normalized spacial score (nSPS) is 23.2. The zero-order valence-electron chi connectivity index (χ0n) is 9.58. The Morgan fingerprint density at radius 1 is 1.27 bits per heavy atom. The highest BCUT2D eigenvalue weighted by Gasteiger charge is 2.20. The lowest BCUT2D eigenvalue weighted by atomic mass is 10.0. The maximum atomic E-state index is 5.94. The molecule has 0 aromatic carbocycles. The number of alkyl halides is 1. The first kappa shape index (κ1) is 13.2. The molecule has 1 saturated heterocycles. The van der Waals surface area contributed by atoms with Gasteiger partial charge >= 0.3 is 0 Å². The van der Waals surface area contributed by atoms with Crippen LogP contribution in [-0.4, -0.2) is 56.8 Å². The fourth-order valence-electron chi connectivity index (χ4n) is 1.96. The highest BCUT2D eigenvalue weighted by atomic mass is 35.5. The molecule has 0 N–H and O–H groups in total. The molecule has 3 nitrogen and oxygen atoms in total. The van der Waals surface area contributed by atoms with Crippen molar-refractivity contribution in [3.05, 3.63) is 0 Å². The van der Waals surface area contributed by atoms with E-state index in [1.54, 1.807) is 7.11 Å². The van der Waals surface area contributed by atoms with E-state index in [0.717, 1.165) is 19.0 Å². The van der Waals surface area contributed by atoms with Crippen LogP contribution in [0, 0.1) is 0 Å². The zero-order valence-corrected chi connectivity index (χ0v) is 10.3. The van der Waals surface area contributed by atoms with Crippen LogP contribution in [-0.2, 0) is 9.47 Å². The van der Waals surface area contributed by atoms with E-state index in [1.807, 2.05) is 0 Å². The van der Waals surface area contributed by atoms with E-state index in [4.69, 9.17) is 21.1 Å². The molecule has 1 atom stereocenters. The van der Waals surface area contributed by atoms with Crippen LogP contribution in [0.1, 0.15) is 19.3 Å². The molecule has 1 heterocycles. The van der Waals surface area contributed by atoms with Crippen molar-refractivity contribution >= 4 is 11.6 Å². The number of ether oxygens (including phenoxy) is 2. The minimum Gasteiger partial charge on any atom is -0.382 e. The van der Waals surface area contributed by atoms with E-state index in [1.165, 1.54) is 25.8 Å². The molecule has 1 aliphatic rings. The molecule has 1 rings (SSSR count). The number of rotatable bonds is 7. The Morgan fingerprint density at radius 3 is 2.87 bits per heavy atom. The van der Waals surface area contributed by atoms with Crippen LogP contribution in [0.5, 0.6) is 0 Å². The molecule has 0 saturated carbocycles. The number of hydrogen-bond donors (Lipinski definition) is 0. The molecule has 1 unspecified atom stereocenters. The second-order valence-electron chi connectivity index (χ2n) is 3.95. The molecule has 0 bridgehead atoms. The van der Waals surface area contributed by atoms with Crippen LogP contribution in [0.15, 0.2) is 0 Å². The van der Waals surface area contributed by atoms with Crippen LogP contribution in [0.2, 0.25) is 0 Å². The first-order valence-corrected chi connectivity index (χ1v) is 6.28. The second kappa shape index (κ2) is 8.34. The molecular formula is C11H22ClNO2. The smallest absolute Gasteiger partial charge is 0.0700 e. The lowest BCUT2D eigenvalue weighted by Gasteiger charge is -2.34. The summed E-state index contributed by atoms with van der Waals surface area (Å²) in [4.78, 5) is 2.45. The molecule has 0 aromatic rings. The Bertz CT molecular complexity index is 158. The van der Waals surface area contributed by atoms with Gasteiger partial charge in [0.1, 0.15) is 0 Å². The quantitative estimate of drug-likeness (QED) is 0.496. The van der Waals surface area contributed by atoms with Crippen LogP contribution in [0.25, 0.3) is 0 Å². The van der Waals surface area contributed by atoms with Gasteiger partial charge in [-0.15, -0.1) is 11.6 Å². The standard InChI is InChI=1S/C11H22ClNO2/c1-14-8-9-15-7-6-13-5-3-2-4-11(13)10-12/h11H,2-10H2,1H3. The van der Waals surface area contributed by atoms with Crippen molar-refractivity contribution in [3.8, 4) is 0 Å². The van der Waals surface area contributed by atoms with E-state index in [9.17, 15) is 0 Å². The molecule has 0 aromatic heterocycles. The molecule has 1 fully saturated rings. The Hall–Kier alpha value is 0.170. The summed E-state index contributed by atoms with van der Waals surface area (Å²) in [6, 6.07) is 0.562. The summed E-state index contributed by atoms with van der Waals surface area (Å²) in [7, 11) is 1.69. The van der Waals surface area contributed by atoms with Gasteiger partial charge in [-0.25, -0.2) is 0 Å². The molecule has 15 heavy (non-hydrogen) atoms. The van der Waals surface area contributed by atoms with Crippen LogP contribution in [0.4, 0.5) is 0 Å². The van der Waals surface area contributed by atoms with Crippen molar-refractivity contribution in [1.82, 2.24) is 4.90 Å². The number of nitrogens with zero attached hydrogens (tertiary/aromatic N) is 1. The van der Waals surface area contributed by atoms with Gasteiger partial charge in [-0.2, -0.15) is 0 Å². The molecule has 1 aliphatic heterocycles. The Morgan fingerprint density at radius 2 is 2.13 bits per heavy atom. The third kappa shape index (κ3) is 5.16. The highest BCUT2D eigenvalue weighted by molar-refractivity contribution is 6.18. The minimum atomic E-state index is 0.562. The summed E-state index contributed by atoms with van der Waals surface area (Å²) in [6.07, 6.45) is 3.85. The Kier molecular flexibility index (Phi) is 7.36. The van der Waals surface area contributed by atoms with Gasteiger partial charge in [0.05, 0.1) is 19.8 Å². The highest BCUT2D eigenvalue weighted by Crippen LogP contribution is 2.17. The minimum absolute atomic E-state index is 0.562. The summed E-state index contributed by atoms with van der Waals surface area (Å²) in [6.45, 7) is 4.33. The Labute approximate surface area is 97.7 Å². The van der Waals surface area contributed by atoms with Gasteiger partial charge in [0.25, 0.3) is 0 Å². The van der Waals surface area contributed by atoms with E-state index < -0.39 is 0 Å². The molecule has 4 heteroatoms. The predicted octanol–water partition coefficient (Wildman–Crippen LogP) is 1.74. The van der Waals surface area contributed by atoms with Gasteiger partial charge in [0, 0.05) is 25.6 Å². The summed E-state index contributed by atoms with van der Waals surface area (Å²) in [5, 5.41) is 0. The molecular weight excluding hydrogens is 214 g/mol. The topological polar surface area (TPSA) is 21.7 Å². The van der Waals surface area contributed by atoms with Crippen LogP contribution < -0.4 is 0 Å². The molecule has 0 radical (unpaired) electrons. The van der Waals surface area contributed by atoms with Crippen molar-refractivity contribution in [3.63, 3.8) is 0 Å². The first-order valence-electron chi connectivity index (χ1n) is 5.75. The number of likely N-dealkylation sites (tertiary alicyclic amines) is 1. The summed E-state index contributed by atoms with van der Waals surface area (Å²) in [5.74, 6) is 0.748. The van der Waals surface area contributed by atoms with Gasteiger partial charge in [-0.3, -0.25) is 4.90 Å². The third-order valence-corrected chi connectivity index (χ3v) is 3.24. The fourth-order valence-corrected chi connectivity index (χ4v) is 2.30. The van der Waals surface area contributed by atoms with Gasteiger partial charge < -0.3 is 9.47 Å². The SMILES string of the molecule is COCCOCCN1CCCCC1CCl. The van der Waals surface area contributed by atoms with E-state index in [-0.39, 0.29) is 0 Å². The summed E-state index contributed by atoms with van der Waals surface area (Å²) in [5.41, 5.74) is 0. The van der Waals surface area contributed by atoms with Gasteiger partial charge in [0.2, 0.25) is 0 Å². The summed E-state index contributed by atoms with van der Waals surface area (Å²) >= 11 is 5.94. The van der Waals surface area contributed by atoms with Crippen molar-refractivity contribution in [2.45, 2.75) is 25.3 Å². The number of methoxy groups -OCH3 is 1. The molecule has 0 amide bonds. The van der Waals surface area contributed by atoms with E-state index >= 15 is 0 Å². The number of halogens is 1. The van der Waals surface area contributed by atoms with Crippen molar-refractivity contribution < 1.29 is 9.47 Å². The number of piperidine rings is 1. The maximum Gasteiger partial charge on any atom is 0.0700 e. The van der Waals surface area contributed by atoms with Crippen LogP contribution in [0.3, 0.4) is 0 Å². The van der Waals surface area contributed by atoms with Gasteiger partial charge in [-0.05, 0) is 19.4 Å². The lowest BCUT2D eigenvalue weighted by molar-refractivity contribution is 0.0453. The Balaban J connectivity index is 2.07. The largest absolute Gasteiger partial charge is 0.382 e. The summed E-state index contributed by atoms with van der Waals surface area (Å²) < 4.78 is 10.4. The van der Waals surface area contributed by atoms with Gasteiger partial charge in [-0.1, -0.05) is 6.42 Å². The van der Waals surface area contributed by atoms with Crippen molar-refractivity contribution in [2.75, 3.05) is 45.9 Å².